The molecule has 16 heavy (non-hydrogen) atoms. The van der Waals surface area contributed by atoms with Crippen LogP contribution >= 0.6 is 0 Å². The molecule has 3 nitrogen and oxygen atoms in total. The van der Waals surface area contributed by atoms with Crippen molar-refractivity contribution in [1.82, 2.24) is 14.7 Å². The highest BCUT2D eigenvalue weighted by Gasteiger charge is 2.28. The molecule has 0 spiro atoms. The summed E-state index contributed by atoms with van der Waals surface area (Å²) >= 11 is 0. The fourth-order valence-electron chi connectivity index (χ4n) is 2.39. The van der Waals surface area contributed by atoms with Crippen molar-refractivity contribution in [2.24, 2.45) is 0 Å². The third-order valence-corrected chi connectivity index (χ3v) is 3.26. The Balaban J connectivity index is 2.22. The average molecular weight is 215 g/mol. The summed E-state index contributed by atoms with van der Waals surface area (Å²) in [6, 6.07) is 4.30. The molecule has 1 saturated carbocycles. The summed E-state index contributed by atoms with van der Waals surface area (Å²) in [4.78, 5) is 4.73. The second-order valence-corrected chi connectivity index (χ2v) is 4.61. The van der Waals surface area contributed by atoms with Gasteiger partial charge in [0, 0.05) is 18.7 Å². The quantitative estimate of drug-likeness (QED) is 0.850. The lowest BCUT2D eigenvalue weighted by Gasteiger charge is -2.05. The van der Waals surface area contributed by atoms with Crippen LogP contribution in [0.15, 0.2) is 18.3 Å². The summed E-state index contributed by atoms with van der Waals surface area (Å²) in [5, 5.41) is 3.22. The fraction of sp³-hybridized carbons (Fsp3) is 0.462. The van der Waals surface area contributed by atoms with Crippen LogP contribution in [0.25, 0.3) is 5.52 Å². The van der Waals surface area contributed by atoms with E-state index in [0.717, 1.165) is 12.2 Å². The Morgan fingerprint density at radius 2 is 2.31 bits per heavy atom. The maximum absolute atomic E-state index is 4.73. The first-order chi connectivity index (χ1) is 7.81. The maximum Gasteiger partial charge on any atom is 0.116 e. The minimum absolute atomic E-state index is 0.700. The Bertz CT molecular complexity index is 523. The Hall–Kier alpha value is -1.35. The van der Waals surface area contributed by atoms with Gasteiger partial charge in [0.2, 0.25) is 0 Å². The lowest BCUT2D eigenvalue weighted by Crippen LogP contribution is -2.06. The Morgan fingerprint density at radius 3 is 3.00 bits per heavy atom. The fourth-order valence-corrected chi connectivity index (χ4v) is 2.39. The predicted molar refractivity (Wildman–Crippen MR) is 64.7 cm³/mol. The topological polar surface area (TPSA) is 29.3 Å². The van der Waals surface area contributed by atoms with Crippen molar-refractivity contribution in [2.75, 3.05) is 7.05 Å². The van der Waals surface area contributed by atoms with Crippen molar-refractivity contribution < 1.29 is 0 Å². The van der Waals surface area contributed by atoms with Gasteiger partial charge in [0.05, 0.1) is 11.2 Å². The molecule has 3 rings (SSSR count). The smallest absolute Gasteiger partial charge is 0.116 e. The van der Waals surface area contributed by atoms with Crippen molar-refractivity contribution in [1.29, 1.82) is 0 Å². The minimum Gasteiger partial charge on any atom is -0.316 e. The van der Waals surface area contributed by atoms with E-state index in [9.17, 15) is 0 Å². The third kappa shape index (κ3) is 1.43. The first kappa shape index (κ1) is 9.85. The second kappa shape index (κ2) is 3.59. The summed E-state index contributed by atoms with van der Waals surface area (Å²) in [5.41, 5.74) is 3.79. The van der Waals surface area contributed by atoms with Crippen LogP contribution in [0.4, 0.5) is 0 Å². The van der Waals surface area contributed by atoms with Crippen LogP contribution in [0.3, 0.4) is 0 Å². The van der Waals surface area contributed by atoms with Gasteiger partial charge in [-0.05, 0) is 38.4 Å². The molecular weight excluding hydrogens is 198 g/mol. The van der Waals surface area contributed by atoms with E-state index in [1.165, 1.54) is 29.7 Å². The number of hydrogen-bond acceptors (Lipinski definition) is 2. The van der Waals surface area contributed by atoms with Crippen LogP contribution in [0.1, 0.15) is 35.8 Å². The molecule has 0 radical (unpaired) electrons. The summed E-state index contributed by atoms with van der Waals surface area (Å²) in [7, 11) is 1.98. The Kier molecular flexibility index (Phi) is 2.21. The van der Waals surface area contributed by atoms with E-state index in [0.29, 0.717) is 5.92 Å². The van der Waals surface area contributed by atoms with Crippen LogP contribution in [-0.4, -0.2) is 16.4 Å². The number of aromatic nitrogens is 2. The molecule has 0 aliphatic heterocycles. The van der Waals surface area contributed by atoms with Gasteiger partial charge in [0.1, 0.15) is 5.82 Å². The van der Waals surface area contributed by atoms with Gasteiger partial charge in [0.15, 0.2) is 0 Å². The Morgan fingerprint density at radius 1 is 1.50 bits per heavy atom. The van der Waals surface area contributed by atoms with Gasteiger partial charge >= 0.3 is 0 Å². The molecule has 1 aliphatic carbocycles. The van der Waals surface area contributed by atoms with Gasteiger partial charge in [-0.2, -0.15) is 0 Å². The molecule has 2 aromatic rings. The standard InChI is InChI=1S/C13H17N3/c1-9-12-11(8-14-2)4-3-7-16(12)13(15-9)10-5-6-10/h3-4,7,10,14H,5-6,8H2,1-2H3. The van der Waals surface area contributed by atoms with Crippen LogP contribution in [0, 0.1) is 6.92 Å². The van der Waals surface area contributed by atoms with Crippen LogP contribution in [-0.2, 0) is 6.54 Å². The monoisotopic (exact) mass is 215 g/mol. The van der Waals surface area contributed by atoms with Crippen LogP contribution in [0.2, 0.25) is 0 Å². The largest absolute Gasteiger partial charge is 0.316 e. The number of hydrogen-bond donors (Lipinski definition) is 1. The normalized spacial score (nSPS) is 15.9. The van der Waals surface area contributed by atoms with E-state index in [-0.39, 0.29) is 0 Å². The highest BCUT2D eigenvalue weighted by atomic mass is 15.0. The Labute approximate surface area is 95.5 Å². The molecule has 3 heteroatoms. The van der Waals surface area contributed by atoms with Gasteiger partial charge in [-0.25, -0.2) is 4.98 Å². The number of fused-ring (bicyclic) bond motifs is 1. The summed E-state index contributed by atoms with van der Waals surface area (Å²) in [6.07, 6.45) is 4.74. The van der Waals surface area contributed by atoms with Crippen molar-refractivity contribution in [3.63, 3.8) is 0 Å². The number of rotatable bonds is 3. The van der Waals surface area contributed by atoms with E-state index in [1.54, 1.807) is 0 Å². The minimum atomic E-state index is 0.700. The SMILES string of the molecule is CNCc1cccn2c(C3CC3)nc(C)c12. The molecule has 0 aromatic carbocycles. The lowest BCUT2D eigenvalue weighted by molar-refractivity contribution is 0.816. The molecule has 1 N–H and O–H groups in total. The van der Waals surface area contributed by atoms with E-state index in [4.69, 9.17) is 4.98 Å². The van der Waals surface area contributed by atoms with E-state index in [1.807, 2.05) is 7.05 Å². The van der Waals surface area contributed by atoms with Gasteiger partial charge in [-0.15, -0.1) is 0 Å². The molecule has 1 aliphatic rings. The highest BCUT2D eigenvalue weighted by molar-refractivity contribution is 5.60. The van der Waals surface area contributed by atoms with Gasteiger partial charge in [0.25, 0.3) is 0 Å². The number of nitrogens with one attached hydrogen (secondary N) is 1. The molecule has 2 heterocycles. The van der Waals surface area contributed by atoms with Crippen molar-refractivity contribution >= 4 is 5.52 Å². The molecule has 1 fully saturated rings. The molecular formula is C13H17N3. The number of pyridine rings is 1. The molecule has 0 saturated heterocycles. The molecule has 0 unspecified atom stereocenters. The summed E-state index contributed by atoms with van der Waals surface area (Å²) in [6.45, 7) is 3.02. The predicted octanol–water partition coefficient (Wildman–Crippen LogP) is 2.24. The van der Waals surface area contributed by atoms with Crippen molar-refractivity contribution in [3.8, 4) is 0 Å². The summed E-state index contributed by atoms with van der Waals surface area (Å²) < 4.78 is 2.28. The maximum atomic E-state index is 4.73. The van der Waals surface area contributed by atoms with Gasteiger partial charge in [-0.3, -0.25) is 0 Å². The third-order valence-electron chi connectivity index (χ3n) is 3.26. The second-order valence-electron chi connectivity index (χ2n) is 4.61. The van der Waals surface area contributed by atoms with Crippen LogP contribution in [0.5, 0.6) is 0 Å². The molecule has 0 amide bonds. The van der Waals surface area contributed by atoms with Crippen LogP contribution < -0.4 is 5.32 Å². The van der Waals surface area contributed by atoms with E-state index < -0.39 is 0 Å². The lowest BCUT2D eigenvalue weighted by atomic mass is 10.2. The van der Waals surface area contributed by atoms with Crippen molar-refractivity contribution in [3.05, 3.63) is 35.4 Å². The zero-order chi connectivity index (χ0) is 11.1. The van der Waals surface area contributed by atoms with Gasteiger partial charge in [-0.1, -0.05) is 6.07 Å². The van der Waals surface area contributed by atoms with Gasteiger partial charge < -0.3 is 9.72 Å². The number of nitrogens with zero attached hydrogens (tertiary/aromatic N) is 2. The first-order valence-corrected chi connectivity index (χ1v) is 5.92. The number of aryl methyl sites for hydroxylation is 1. The van der Waals surface area contributed by atoms with Crippen molar-refractivity contribution in [2.45, 2.75) is 32.2 Å². The van der Waals surface area contributed by atoms with E-state index >= 15 is 0 Å². The molecule has 2 aromatic heterocycles. The number of imidazole rings is 1. The zero-order valence-electron chi connectivity index (χ0n) is 9.83. The van der Waals surface area contributed by atoms with E-state index in [2.05, 4.69) is 35.0 Å². The first-order valence-electron chi connectivity index (χ1n) is 5.92. The molecule has 0 atom stereocenters. The molecule has 84 valence electrons. The zero-order valence-corrected chi connectivity index (χ0v) is 9.83. The summed E-state index contributed by atoms with van der Waals surface area (Å²) in [5.74, 6) is 1.96. The average Bonchev–Trinajstić information content (AvgIpc) is 3.05. The highest BCUT2D eigenvalue weighted by Crippen LogP contribution is 2.40. The molecule has 0 bridgehead atoms.